The Kier molecular flexibility index (Phi) is 6.13. The van der Waals surface area contributed by atoms with Gasteiger partial charge in [-0.25, -0.2) is 4.39 Å². The lowest BCUT2D eigenvalue weighted by molar-refractivity contribution is 0.0649. The highest BCUT2D eigenvalue weighted by Crippen LogP contribution is 2.21. The van der Waals surface area contributed by atoms with Gasteiger partial charge in [-0.15, -0.1) is 0 Å². The number of aliphatic hydroxyl groups excluding tert-OH is 1. The van der Waals surface area contributed by atoms with Crippen LogP contribution in [-0.4, -0.2) is 55.4 Å². The number of β-amino-alcohol motifs (C(OH)–C–C–N with tert-alkyl or cyclic N) is 1. The summed E-state index contributed by atoms with van der Waals surface area (Å²) in [4.78, 5) is 4.47. The van der Waals surface area contributed by atoms with Gasteiger partial charge < -0.3 is 14.7 Å². The van der Waals surface area contributed by atoms with Crippen LogP contribution in [0.1, 0.15) is 0 Å². The molecule has 1 fully saturated rings. The van der Waals surface area contributed by atoms with E-state index in [0.717, 1.165) is 36.9 Å². The van der Waals surface area contributed by atoms with Crippen LogP contribution in [0.15, 0.2) is 48.5 Å². The second kappa shape index (κ2) is 8.52. The lowest BCUT2D eigenvalue weighted by Crippen LogP contribution is -2.49. The zero-order valence-corrected chi connectivity index (χ0v) is 14.7. The average Bonchev–Trinajstić information content (AvgIpc) is 2.62. The molecule has 1 aliphatic heterocycles. The maximum Gasteiger partial charge on any atom is 0.165 e. The Hall–Kier alpha value is -1.82. The summed E-state index contributed by atoms with van der Waals surface area (Å²) in [6, 6.07) is 14.1. The zero-order valence-electron chi connectivity index (χ0n) is 13.9. The van der Waals surface area contributed by atoms with Crippen molar-refractivity contribution >= 4 is 17.3 Å². The van der Waals surface area contributed by atoms with Crippen LogP contribution in [0.25, 0.3) is 0 Å². The van der Waals surface area contributed by atoms with Crippen molar-refractivity contribution in [2.24, 2.45) is 0 Å². The van der Waals surface area contributed by atoms with Crippen molar-refractivity contribution in [2.75, 3.05) is 44.2 Å². The van der Waals surface area contributed by atoms with E-state index in [9.17, 15) is 9.50 Å². The second-order valence-corrected chi connectivity index (χ2v) is 6.60. The first-order chi connectivity index (χ1) is 12.1. The van der Waals surface area contributed by atoms with Crippen molar-refractivity contribution in [3.63, 3.8) is 0 Å². The fourth-order valence-corrected chi connectivity index (χ4v) is 3.14. The van der Waals surface area contributed by atoms with Crippen molar-refractivity contribution in [3.05, 3.63) is 59.4 Å². The van der Waals surface area contributed by atoms with E-state index in [-0.39, 0.29) is 12.4 Å². The Balaban J connectivity index is 1.43. The highest BCUT2D eigenvalue weighted by molar-refractivity contribution is 6.30. The van der Waals surface area contributed by atoms with E-state index in [4.69, 9.17) is 16.3 Å². The summed E-state index contributed by atoms with van der Waals surface area (Å²) in [5.41, 5.74) is 1.12. The molecule has 1 aliphatic rings. The van der Waals surface area contributed by atoms with Crippen LogP contribution >= 0.6 is 11.6 Å². The molecular weight excluding hydrogens is 343 g/mol. The topological polar surface area (TPSA) is 35.9 Å². The van der Waals surface area contributed by atoms with Gasteiger partial charge in [0.25, 0.3) is 0 Å². The standard InChI is InChI=1S/C19H22ClFN2O2/c20-15-4-3-5-16(12-15)23-10-8-22(9-11-23)13-17(24)14-25-19-7-2-1-6-18(19)21/h1-7,12,17,24H,8-11,13-14H2. The number of piperazine rings is 1. The van der Waals surface area contributed by atoms with Crippen molar-refractivity contribution in [2.45, 2.75) is 6.10 Å². The number of halogens is 2. The van der Waals surface area contributed by atoms with Crippen molar-refractivity contribution < 1.29 is 14.2 Å². The smallest absolute Gasteiger partial charge is 0.165 e. The zero-order chi connectivity index (χ0) is 17.6. The third-order valence-electron chi connectivity index (χ3n) is 4.28. The van der Waals surface area contributed by atoms with Gasteiger partial charge in [-0.05, 0) is 30.3 Å². The molecule has 0 saturated carbocycles. The van der Waals surface area contributed by atoms with Crippen LogP contribution < -0.4 is 9.64 Å². The van der Waals surface area contributed by atoms with Crippen LogP contribution in [0.3, 0.4) is 0 Å². The normalized spacial score (nSPS) is 16.7. The molecule has 0 radical (unpaired) electrons. The van der Waals surface area contributed by atoms with Gasteiger partial charge in [0.15, 0.2) is 11.6 Å². The lowest BCUT2D eigenvalue weighted by Gasteiger charge is -2.36. The first-order valence-corrected chi connectivity index (χ1v) is 8.78. The molecule has 1 unspecified atom stereocenters. The number of anilines is 1. The average molecular weight is 365 g/mol. The highest BCUT2D eigenvalue weighted by atomic mass is 35.5. The largest absolute Gasteiger partial charge is 0.488 e. The van der Waals surface area contributed by atoms with Gasteiger partial charge in [0.05, 0.1) is 0 Å². The van der Waals surface area contributed by atoms with E-state index >= 15 is 0 Å². The minimum absolute atomic E-state index is 0.0788. The molecule has 4 nitrogen and oxygen atoms in total. The van der Waals surface area contributed by atoms with Gasteiger partial charge in [-0.2, -0.15) is 0 Å². The Morgan fingerprint density at radius 3 is 2.56 bits per heavy atom. The summed E-state index contributed by atoms with van der Waals surface area (Å²) in [6.07, 6.45) is -0.655. The van der Waals surface area contributed by atoms with Crippen molar-refractivity contribution in [3.8, 4) is 5.75 Å². The summed E-state index contributed by atoms with van der Waals surface area (Å²) in [5, 5.41) is 10.9. The van der Waals surface area contributed by atoms with Gasteiger partial charge in [-0.3, -0.25) is 4.90 Å². The number of nitrogens with zero attached hydrogens (tertiary/aromatic N) is 2. The monoisotopic (exact) mass is 364 g/mol. The first kappa shape index (κ1) is 18.0. The van der Waals surface area contributed by atoms with Crippen LogP contribution in [0.4, 0.5) is 10.1 Å². The van der Waals surface area contributed by atoms with Gasteiger partial charge in [0.1, 0.15) is 12.7 Å². The molecule has 0 aromatic heterocycles. The minimum Gasteiger partial charge on any atom is -0.488 e. The van der Waals surface area contributed by atoms with Crippen LogP contribution in [0.2, 0.25) is 5.02 Å². The molecule has 3 rings (SSSR count). The van der Waals surface area contributed by atoms with Crippen LogP contribution in [0.5, 0.6) is 5.75 Å². The van der Waals surface area contributed by atoms with E-state index in [1.807, 2.05) is 18.2 Å². The predicted octanol–water partition coefficient (Wildman–Crippen LogP) is 3.04. The number of hydrogen-bond acceptors (Lipinski definition) is 4. The third kappa shape index (κ3) is 5.08. The van der Waals surface area contributed by atoms with Gasteiger partial charge >= 0.3 is 0 Å². The maximum atomic E-state index is 13.5. The molecule has 6 heteroatoms. The number of rotatable bonds is 6. The molecule has 1 heterocycles. The Morgan fingerprint density at radius 1 is 1.08 bits per heavy atom. The molecule has 134 valence electrons. The van der Waals surface area contributed by atoms with Gasteiger partial charge in [0.2, 0.25) is 0 Å². The molecule has 1 atom stereocenters. The lowest BCUT2D eigenvalue weighted by atomic mass is 10.2. The molecule has 1 saturated heterocycles. The van der Waals surface area contributed by atoms with E-state index in [0.29, 0.717) is 6.54 Å². The SMILES string of the molecule is OC(COc1ccccc1F)CN1CCN(c2cccc(Cl)c2)CC1. The summed E-state index contributed by atoms with van der Waals surface area (Å²) in [6.45, 7) is 4.04. The Morgan fingerprint density at radius 2 is 1.84 bits per heavy atom. The van der Waals surface area contributed by atoms with E-state index in [2.05, 4.69) is 15.9 Å². The number of para-hydroxylation sites is 1. The second-order valence-electron chi connectivity index (χ2n) is 6.16. The molecule has 0 amide bonds. The fourth-order valence-electron chi connectivity index (χ4n) is 2.96. The third-order valence-corrected chi connectivity index (χ3v) is 4.52. The molecule has 0 aliphatic carbocycles. The van der Waals surface area contributed by atoms with E-state index < -0.39 is 11.9 Å². The Bertz CT molecular complexity index is 693. The maximum absolute atomic E-state index is 13.5. The van der Waals surface area contributed by atoms with E-state index in [1.54, 1.807) is 18.2 Å². The number of ether oxygens (including phenoxy) is 1. The summed E-state index contributed by atoms with van der Waals surface area (Å²) in [5.74, 6) is -0.239. The molecule has 1 N–H and O–H groups in total. The van der Waals surface area contributed by atoms with Crippen molar-refractivity contribution in [1.29, 1.82) is 0 Å². The van der Waals surface area contributed by atoms with Gasteiger partial charge in [0, 0.05) is 43.4 Å². The first-order valence-electron chi connectivity index (χ1n) is 8.40. The van der Waals surface area contributed by atoms with Crippen LogP contribution in [-0.2, 0) is 0 Å². The minimum atomic E-state index is -0.655. The molecule has 25 heavy (non-hydrogen) atoms. The van der Waals surface area contributed by atoms with Crippen LogP contribution in [0, 0.1) is 5.82 Å². The van der Waals surface area contributed by atoms with Crippen molar-refractivity contribution in [1.82, 2.24) is 4.90 Å². The summed E-state index contributed by atoms with van der Waals surface area (Å²) >= 11 is 6.05. The van der Waals surface area contributed by atoms with E-state index in [1.165, 1.54) is 6.07 Å². The highest BCUT2D eigenvalue weighted by Gasteiger charge is 2.20. The molecule has 2 aromatic carbocycles. The number of hydrogen-bond donors (Lipinski definition) is 1. The summed E-state index contributed by atoms with van der Waals surface area (Å²) < 4.78 is 18.9. The predicted molar refractivity (Wildman–Crippen MR) is 98.0 cm³/mol. The molecule has 0 spiro atoms. The fraction of sp³-hybridized carbons (Fsp3) is 0.368. The number of aliphatic hydroxyl groups is 1. The molecule has 2 aromatic rings. The molecular formula is C19H22ClFN2O2. The molecule has 0 bridgehead atoms. The van der Waals surface area contributed by atoms with Gasteiger partial charge in [-0.1, -0.05) is 29.8 Å². The Labute approximate surface area is 152 Å². The number of benzene rings is 2. The summed E-state index contributed by atoms with van der Waals surface area (Å²) in [7, 11) is 0. The quantitative estimate of drug-likeness (QED) is 0.854.